The van der Waals surface area contributed by atoms with E-state index in [0.717, 1.165) is 0 Å². The Kier molecular flexibility index (Phi) is 11.9. The first-order chi connectivity index (χ1) is 15.3. The maximum absolute atomic E-state index is 12.9. The van der Waals surface area contributed by atoms with E-state index < -0.39 is 11.9 Å². The Morgan fingerprint density at radius 1 is 1.12 bits per heavy atom. The van der Waals surface area contributed by atoms with E-state index in [1.54, 1.807) is 25.1 Å². The van der Waals surface area contributed by atoms with Gasteiger partial charge in [-0.2, -0.15) is 0 Å². The summed E-state index contributed by atoms with van der Waals surface area (Å²) in [6.07, 6.45) is 2.91. The molecule has 0 aliphatic rings. The number of aromatic nitrogens is 2. The van der Waals surface area contributed by atoms with Gasteiger partial charge in [0.05, 0.1) is 29.3 Å². The fraction of sp³-hybridized carbons (Fsp3) is 0.318. The van der Waals surface area contributed by atoms with Crippen molar-refractivity contribution in [1.29, 1.82) is 0 Å². The van der Waals surface area contributed by atoms with E-state index >= 15 is 0 Å². The SMILES string of the molecule is CCOc1ccc(-c2nc(C(=O)NCc3c(Cl)cncc3Cl)c([C@H](C)N)o2)cc1OCC.Cl.Cl. The molecule has 0 radical (unpaired) electrons. The normalized spacial score (nSPS) is 11.1. The first-order valence-electron chi connectivity index (χ1n) is 10.1. The van der Waals surface area contributed by atoms with Gasteiger partial charge in [0.2, 0.25) is 5.89 Å². The van der Waals surface area contributed by atoms with Crippen molar-refractivity contribution >= 4 is 53.9 Å². The number of pyridine rings is 1. The summed E-state index contributed by atoms with van der Waals surface area (Å²) < 4.78 is 17.1. The van der Waals surface area contributed by atoms with Crippen molar-refractivity contribution in [1.82, 2.24) is 15.3 Å². The number of nitrogens with zero attached hydrogens (tertiary/aromatic N) is 2. The first kappa shape index (κ1) is 29.8. The van der Waals surface area contributed by atoms with Crippen molar-refractivity contribution in [2.45, 2.75) is 33.4 Å². The fourth-order valence-electron chi connectivity index (χ4n) is 2.97. The van der Waals surface area contributed by atoms with Gasteiger partial charge < -0.3 is 24.9 Å². The number of carbonyl (C=O) groups is 1. The number of nitrogens with one attached hydrogen (secondary N) is 1. The number of rotatable bonds is 9. The quantitative estimate of drug-likeness (QED) is 0.354. The number of benzene rings is 1. The lowest BCUT2D eigenvalue weighted by Crippen LogP contribution is -2.25. The van der Waals surface area contributed by atoms with Gasteiger partial charge >= 0.3 is 0 Å². The van der Waals surface area contributed by atoms with Crippen LogP contribution in [0.1, 0.15) is 48.6 Å². The first-order valence-corrected chi connectivity index (χ1v) is 10.8. The number of hydrogen-bond donors (Lipinski definition) is 2. The van der Waals surface area contributed by atoms with Crippen LogP contribution in [0.5, 0.6) is 11.5 Å². The molecule has 2 aromatic heterocycles. The van der Waals surface area contributed by atoms with Crippen molar-refractivity contribution in [3.05, 3.63) is 57.7 Å². The molecule has 1 aromatic carbocycles. The standard InChI is InChI=1S/C22H24Cl2N4O4.2ClH/c1-4-30-17-7-6-13(8-18(17)31-5-2)22-28-19(20(32-22)12(3)25)21(29)27-9-14-15(23)10-26-11-16(14)24;;/h6-8,10-12H,4-5,9,25H2,1-3H3,(H,27,29);2*1H/t12-;;/m0../s1. The van der Waals surface area contributed by atoms with Crippen molar-refractivity contribution in [3.8, 4) is 23.0 Å². The summed E-state index contributed by atoms with van der Waals surface area (Å²) in [6, 6.07) is 4.75. The zero-order valence-corrected chi connectivity index (χ0v) is 21.9. The summed E-state index contributed by atoms with van der Waals surface area (Å²) in [6.45, 7) is 6.55. The van der Waals surface area contributed by atoms with Crippen LogP contribution in [0.2, 0.25) is 10.0 Å². The van der Waals surface area contributed by atoms with Gasteiger partial charge in [-0.25, -0.2) is 4.98 Å². The average Bonchev–Trinajstić information content (AvgIpc) is 3.21. The number of amides is 1. The molecule has 0 unspecified atom stereocenters. The lowest BCUT2D eigenvalue weighted by atomic mass is 10.2. The average molecular weight is 552 g/mol. The second-order valence-electron chi connectivity index (χ2n) is 6.81. The molecule has 1 atom stereocenters. The van der Waals surface area contributed by atoms with Crippen LogP contribution < -0.4 is 20.5 Å². The zero-order chi connectivity index (χ0) is 23.3. The largest absolute Gasteiger partial charge is 0.490 e. The van der Waals surface area contributed by atoms with E-state index in [0.29, 0.717) is 45.9 Å². The zero-order valence-electron chi connectivity index (χ0n) is 18.8. The Labute approximate surface area is 220 Å². The van der Waals surface area contributed by atoms with Crippen LogP contribution in [0.15, 0.2) is 35.0 Å². The molecule has 0 fully saturated rings. The van der Waals surface area contributed by atoms with Crippen molar-refractivity contribution in [2.75, 3.05) is 13.2 Å². The molecule has 3 N–H and O–H groups in total. The van der Waals surface area contributed by atoms with Gasteiger partial charge in [-0.15, -0.1) is 24.8 Å². The van der Waals surface area contributed by atoms with E-state index in [2.05, 4.69) is 15.3 Å². The molecule has 34 heavy (non-hydrogen) atoms. The van der Waals surface area contributed by atoms with Crippen LogP contribution in [0.4, 0.5) is 0 Å². The highest BCUT2D eigenvalue weighted by molar-refractivity contribution is 6.35. The Morgan fingerprint density at radius 2 is 1.74 bits per heavy atom. The monoisotopic (exact) mass is 550 g/mol. The van der Waals surface area contributed by atoms with E-state index in [4.69, 9.17) is 42.8 Å². The molecule has 0 saturated carbocycles. The van der Waals surface area contributed by atoms with E-state index in [9.17, 15) is 4.79 Å². The third-order valence-corrected chi connectivity index (χ3v) is 5.10. The van der Waals surface area contributed by atoms with Crippen LogP contribution in [0, 0.1) is 0 Å². The predicted molar refractivity (Wildman–Crippen MR) is 137 cm³/mol. The third kappa shape index (κ3) is 6.90. The van der Waals surface area contributed by atoms with Gasteiger partial charge in [0.1, 0.15) is 0 Å². The van der Waals surface area contributed by atoms with Crippen molar-refractivity contribution in [3.63, 3.8) is 0 Å². The van der Waals surface area contributed by atoms with Gasteiger partial charge in [0.25, 0.3) is 5.91 Å². The topological polar surface area (TPSA) is 112 Å². The molecule has 3 rings (SSSR count). The molecule has 0 bridgehead atoms. The summed E-state index contributed by atoms with van der Waals surface area (Å²) in [5.41, 5.74) is 7.29. The summed E-state index contributed by atoms with van der Waals surface area (Å²) in [4.78, 5) is 21.2. The van der Waals surface area contributed by atoms with Crippen LogP contribution >= 0.6 is 48.0 Å². The Morgan fingerprint density at radius 3 is 2.32 bits per heavy atom. The minimum absolute atomic E-state index is 0. The molecule has 1 amide bonds. The number of nitrogens with two attached hydrogens (primary N) is 1. The second kappa shape index (κ2) is 13.6. The summed E-state index contributed by atoms with van der Waals surface area (Å²) in [7, 11) is 0. The van der Waals surface area contributed by atoms with Crippen LogP contribution in [-0.2, 0) is 6.54 Å². The van der Waals surface area contributed by atoms with Crippen LogP contribution in [0.3, 0.4) is 0 Å². The Bertz CT molecular complexity index is 1090. The molecular formula is C22H26Cl4N4O4. The third-order valence-electron chi connectivity index (χ3n) is 4.45. The lowest BCUT2D eigenvalue weighted by Gasteiger charge is -2.11. The predicted octanol–water partition coefficient (Wildman–Crippen LogP) is 5.63. The molecular weight excluding hydrogens is 526 g/mol. The van der Waals surface area contributed by atoms with Crippen LogP contribution in [0.25, 0.3) is 11.5 Å². The van der Waals surface area contributed by atoms with Gasteiger partial charge in [0, 0.05) is 30.1 Å². The number of oxazole rings is 1. The molecule has 8 nitrogen and oxygen atoms in total. The molecule has 0 aliphatic heterocycles. The van der Waals surface area contributed by atoms with Crippen LogP contribution in [-0.4, -0.2) is 29.1 Å². The van der Waals surface area contributed by atoms with Gasteiger partial charge in [0.15, 0.2) is 23.0 Å². The van der Waals surface area contributed by atoms with Gasteiger partial charge in [-0.1, -0.05) is 23.2 Å². The fourth-order valence-corrected chi connectivity index (χ4v) is 3.47. The Balaban J connectivity index is 0.00000289. The highest BCUT2D eigenvalue weighted by atomic mass is 35.5. The maximum Gasteiger partial charge on any atom is 0.273 e. The number of halogens is 4. The maximum atomic E-state index is 12.9. The smallest absolute Gasteiger partial charge is 0.273 e. The number of ether oxygens (including phenoxy) is 2. The summed E-state index contributed by atoms with van der Waals surface area (Å²) >= 11 is 12.3. The highest BCUT2D eigenvalue weighted by Gasteiger charge is 2.24. The lowest BCUT2D eigenvalue weighted by molar-refractivity contribution is 0.0944. The minimum atomic E-state index is -0.556. The van der Waals surface area contributed by atoms with E-state index in [-0.39, 0.29) is 48.7 Å². The van der Waals surface area contributed by atoms with E-state index in [1.807, 2.05) is 13.8 Å². The summed E-state index contributed by atoms with van der Waals surface area (Å²) in [5, 5.41) is 3.46. The molecule has 3 aromatic rings. The number of hydrogen-bond acceptors (Lipinski definition) is 7. The molecule has 0 saturated heterocycles. The molecule has 186 valence electrons. The van der Waals surface area contributed by atoms with Crippen molar-refractivity contribution < 1.29 is 18.7 Å². The molecule has 0 aliphatic carbocycles. The van der Waals surface area contributed by atoms with Gasteiger partial charge in [-0.05, 0) is 39.0 Å². The molecule has 2 heterocycles. The van der Waals surface area contributed by atoms with Gasteiger partial charge in [-0.3, -0.25) is 9.78 Å². The summed E-state index contributed by atoms with van der Waals surface area (Å²) in [5.74, 6) is 1.21. The van der Waals surface area contributed by atoms with Crippen molar-refractivity contribution in [2.24, 2.45) is 5.73 Å². The number of carbonyl (C=O) groups excluding carboxylic acids is 1. The second-order valence-corrected chi connectivity index (χ2v) is 7.63. The Hall–Kier alpha value is -2.23. The van der Waals surface area contributed by atoms with E-state index in [1.165, 1.54) is 12.4 Å². The molecule has 0 spiro atoms. The highest BCUT2D eigenvalue weighted by Crippen LogP contribution is 2.34. The minimum Gasteiger partial charge on any atom is -0.490 e. The molecule has 12 heteroatoms.